The van der Waals surface area contributed by atoms with E-state index in [-0.39, 0.29) is 0 Å². The lowest BCUT2D eigenvalue weighted by atomic mass is 9.91. The highest BCUT2D eigenvalue weighted by Crippen LogP contribution is 2.21. The Morgan fingerprint density at radius 2 is 2.00 bits per heavy atom. The van der Waals surface area contributed by atoms with Gasteiger partial charge < -0.3 is 10.6 Å². The minimum absolute atomic E-state index is 0.444. The second kappa shape index (κ2) is 6.69. The van der Waals surface area contributed by atoms with Gasteiger partial charge in [0.2, 0.25) is 0 Å². The highest BCUT2D eigenvalue weighted by Gasteiger charge is 2.21. The average molecular weight is 311 g/mol. The van der Waals surface area contributed by atoms with Gasteiger partial charge in [-0.15, -0.1) is 0 Å². The number of rotatable bonds is 4. The molecule has 0 aromatic heterocycles. The van der Waals surface area contributed by atoms with Crippen molar-refractivity contribution in [3.63, 3.8) is 0 Å². The lowest BCUT2D eigenvalue weighted by Gasteiger charge is -2.33. The fraction of sp³-hybridized carbons (Fsp3) is 0.600. The van der Waals surface area contributed by atoms with Crippen LogP contribution in [0.1, 0.15) is 31.2 Å². The van der Waals surface area contributed by atoms with Crippen molar-refractivity contribution in [2.45, 2.75) is 44.2 Å². The van der Waals surface area contributed by atoms with Crippen molar-refractivity contribution < 1.29 is 0 Å². The Labute approximate surface area is 119 Å². The molecule has 0 spiro atoms. The number of likely N-dealkylation sites (N-methyl/N-ethyl adjacent to an activating group) is 1. The molecule has 18 heavy (non-hydrogen) atoms. The smallest absolute Gasteiger partial charge is 0.0178 e. The maximum atomic E-state index is 5.96. The first-order chi connectivity index (χ1) is 8.65. The topological polar surface area (TPSA) is 29.3 Å². The van der Waals surface area contributed by atoms with Gasteiger partial charge in [0.1, 0.15) is 0 Å². The van der Waals surface area contributed by atoms with E-state index in [4.69, 9.17) is 5.73 Å². The van der Waals surface area contributed by atoms with E-state index in [9.17, 15) is 0 Å². The van der Waals surface area contributed by atoms with Gasteiger partial charge in [-0.05, 0) is 56.8 Å². The predicted molar refractivity (Wildman–Crippen MR) is 80.7 cm³/mol. The molecule has 0 aliphatic heterocycles. The zero-order valence-corrected chi connectivity index (χ0v) is 12.7. The van der Waals surface area contributed by atoms with Crippen molar-refractivity contribution in [1.82, 2.24) is 4.90 Å². The highest BCUT2D eigenvalue weighted by molar-refractivity contribution is 9.10. The molecular formula is C15H23BrN2. The zero-order chi connectivity index (χ0) is 13.0. The second-order valence-corrected chi connectivity index (χ2v) is 6.34. The van der Waals surface area contributed by atoms with Gasteiger partial charge in [0.05, 0.1) is 0 Å². The Kier molecular flexibility index (Phi) is 5.22. The van der Waals surface area contributed by atoms with Crippen molar-refractivity contribution >= 4 is 15.9 Å². The number of nitrogens with zero attached hydrogens (tertiary/aromatic N) is 1. The molecule has 0 radical (unpaired) electrons. The number of hydrogen-bond acceptors (Lipinski definition) is 2. The fourth-order valence-electron chi connectivity index (χ4n) is 2.72. The monoisotopic (exact) mass is 310 g/mol. The standard InChI is InChI=1S/C15H23BrN2/c1-18(15-7-5-14(17)6-8-15)10-9-12-3-2-4-13(16)11-12/h2-4,11,14-15H,5-10,17H2,1H3. The minimum Gasteiger partial charge on any atom is -0.328 e. The summed E-state index contributed by atoms with van der Waals surface area (Å²) < 4.78 is 1.17. The van der Waals surface area contributed by atoms with Gasteiger partial charge in [-0.25, -0.2) is 0 Å². The van der Waals surface area contributed by atoms with E-state index in [2.05, 4.69) is 52.1 Å². The fourth-order valence-corrected chi connectivity index (χ4v) is 3.17. The summed E-state index contributed by atoms with van der Waals surface area (Å²) in [6.45, 7) is 1.14. The SMILES string of the molecule is CN(CCc1cccc(Br)c1)C1CCC(N)CC1. The molecule has 2 nitrogen and oxygen atoms in total. The molecule has 1 aliphatic carbocycles. The lowest BCUT2D eigenvalue weighted by Crippen LogP contribution is -2.39. The third kappa shape index (κ3) is 4.08. The average Bonchev–Trinajstić information content (AvgIpc) is 2.37. The van der Waals surface area contributed by atoms with Gasteiger partial charge >= 0.3 is 0 Å². The summed E-state index contributed by atoms with van der Waals surface area (Å²) in [7, 11) is 2.25. The Balaban J connectivity index is 1.79. The van der Waals surface area contributed by atoms with Gasteiger partial charge in [-0.3, -0.25) is 0 Å². The zero-order valence-electron chi connectivity index (χ0n) is 11.1. The molecule has 1 saturated carbocycles. The first kappa shape index (κ1) is 14.0. The molecule has 2 N–H and O–H groups in total. The second-order valence-electron chi connectivity index (χ2n) is 5.43. The Morgan fingerprint density at radius 1 is 1.28 bits per heavy atom. The van der Waals surface area contributed by atoms with Gasteiger partial charge in [0, 0.05) is 23.1 Å². The summed E-state index contributed by atoms with van der Waals surface area (Å²) in [6.07, 6.45) is 6.02. The van der Waals surface area contributed by atoms with Crippen LogP contribution in [0.3, 0.4) is 0 Å². The summed E-state index contributed by atoms with van der Waals surface area (Å²) in [6, 6.07) is 9.78. The van der Waals surface area contributed by atoms with E-state index in [1.165, 1.54) is 35.7 Å². The molecule has 0 atom stereocenters. The Bertz CT molecular complexity index is 373. The number of halogens is 1. The number of hydrogen-bond donors (Lipinski definition) is 1. The Morgan fingerprint density at radius 3 is 2.67 bits per heavy atom. The molecule has 0 unspecified atom stereocenters. The van der Waals surface area contributed by atoms with E-state index < -0.39 is 0 Å². The summed E-state index contributed by atoms with van der Waals surface area (Å²) >= 11 is 3.52. The van der Waals surface area contributed by atoms with Crippen LogP contribution in [0.2, 0.25) is 0 Å². The minimum atomic E-state index is 0.444. The molecule has 1 fully saturated rings. The van der Waals surface area contributed by atoms with Gasteiger partial charge in [0.15, 0.2) is 0 Å². The van der Waals surface area contributed by atoms with E-state index in [1.807, 2.05) is 0 Å². The highest BCUT2D eigenvalue weighted by atomic mass is 79.9. The summed E-state index contributed by atoms with van der Waals surface area (Å²) in [5.41, 5.74) is 7.36. The molecule has 0 bridgehead atoms. The third-order valence-electron chi connectivity index (χ3n) is 4.01. The van der Waals surface area contributed by atoms with Crippen LogP contribution in [-0.4, -0.2) is 30.6 Å². The number of benzene rings is 1. The normalized spacial score (nSPS) is 24.4. The van der Waals surface area contributed by atoms with Crippen LogP contribution in [0.5, 0.6) is 0 Å². The third-order valence-corrected chi connectivity index (χ3v) is 4.50. The quantitative estimate of drug-likeness (QED) is 0.925. The molecule has 2 rings (SSSR count). The van der Waals surface area contributed by atoms with Crippen LogP contribution in [0.25, 0.3) is 0 Å². The molecule has 100 valence electrons. The van der Waals surface area contributed by atoms with Crippen LogP contribution >= 0.6 is 15.9 Å². The molecular weight excluding hydrogens is 288 g/mol. The van der Waals surface area contributed by atoms with Crippen molar-refractivity contribution in [2.24, 2.45) is 5.73 Å². The van der Waals surface area contributed by atoms with E-state index >= 15 is 0 Å². The first-order valence-electron chi connectivity index (χ1n) is 6.85. The largest absolute Gasteiger partial charge is 0.328 e. The van der Waals surface area contributed by atoms with Crippen LogP contribution in [0.15, 0.2) is 28.7 Å². The molecule has 3 heteroatoms. The summed E-state index contributed by atoms with van der Waals surface area (Å²) in [5, 5.41) is 0. The molecule has 0 heterocycles. The summed E-state index contributed by atoms with van der Waals surface area (Å²) in [4.78, 5) is 2.51. The van der Waals surface area contributed by atoms with Gasteiger partial charge in [-0.1, -0.05) is 28.1 Å². The van der Waals surface area contributed by atoms with E-state index in [1.54, 1.807) is 0 Å². The van der Waals surface area contributed by atoms with Crippen LogP contribution in [0, 0.1) is 0 Å². The molecule has 1 aromatic carbocycles. The van der Waals surface area contributed by atoms with Crippen molar-refractivity contribution in [1.29, 1.82) is 0 Å². The van der Waals surface area contributed by atoms with Crippen molar-refractivity contribution in [2.75, 3.05) is 13.6 Å². The molecule has 1 aliphatic rings. The molecule has 0 saturated heterocycles. The van der Waals surface area contributed by atoms with Crippen molar-refractivity contribution in [3.8, 4) is 0 Å². The van der Waals surface area contributed by atoms with Crippen LogP contribution < -0.4 is 5.73 Å². The van der Waals surface area contributed by atoms with Gasteiger partial charge in [-0.2, -0.15) is 0 Å². The lowest BCUT2D eigenvalue weighted by molar-refractivity contribution is 0.185. The molecule has 1 aromatic rings. The maximum Gasteiger partial charge on any atom is 0.0178 e. The van der Waals surface area contributed by atoms with Crippen molar-refractivity contribution in [3.05, 3.63) is 34.3 Å². The number of nitrogens with two attached hydrogens (primary N) is 1. The maximum absolute atomic E-state index is 5.96. The van der Waals surface area contributed by atoms with E-state index in [0.29, 0.717) is 6.04 Å². The predicted octanol–water partition coefficient (Wildman–Crippen LogP) is 3.19. The summed E-state index contributed by atoms with van der Waals surface area (Å²) in [5.74, 6) is 0. The molecule has 0 amide bonds. The van der Waals surface area contributed by atoms with Crippen LogP contribution in [-0.2, 0) is 6.42 Å². The van der Waals surface area contributed by atoms with Gasteiger partial charge in [0.25, 0.3) is 0 Å². The van der Waals surface area contributed by atoms with Crippen LogP contribution in [0.4, 0.5) is 0 Å². The Hall–Kier alpha value is -0.380. The van der Waals surface area contributed by atoms with E-state index in [0.717, 1.165) is 19.0 Å². The first-order valence-corrected chi connectivity index (χ1v) is 7.64.